The van der Waals surface area contributed by atoms with Crippen molar-refractivity contribution in [1.29, 1.82) is 0 Å². The number of nitrogen functional groups attached to an aromatic ring is 1. The van der Waals surface area contributed by atoms with E-state index in [-0.39, 0.29) is 16.8 Å². The fourth-order valence-electron chi connectivity index (χ4n) is 2.10. The van der Waals surface area contributed by atoms with Gasteiger partial charge in [0, 0.05) is 16.8 Å². The Bertz CT molecular complexity index is 619. The van der Waals surface area contributed by atoms with Crippen LogP contribution in [0.25, 0.3) is 11.5 Å². The fraction of sp³-hybridized carbons (Fsp3) is 0.385. The van der Waals surface area contributed by atoms with Gasteiger partial charge in [-0.3, -0.25) is 0 Å². The molecule has 1 aromatic heterocycles. The number of thioether (sulfide) groups is 2. The molecule has 4 nitrogen and oxygen atoms in total. The number of hydrogen-bond donors (Lipinski definition) is 1. The summed E-state index contributed by atoms with van der Waals surface area (Å²) in [7, 11) is 0. The molecular formula is C13H14FN3OS2. The van der Waals surface area contributed by atoms with E-state index in [9.17, 15) is 4.39 Å². The monoisotopic (exact) mass is 311 g/mol. The van der Waals surface area contributed by atoms with Crippen LogP contribution in [-0.4, -0.2) is 26.9 Å². The smallest absolute Gasteiger partial charge is 0.260 e. The molecule has 106 valence electrons. The van der Waals surface area contributed by atoms with Gasteiger partial charge in [0.2, 0.25) is 0 Å². The maximum atomic E-state index is 13.5. The second kappa shape index (κ2) is 5.65. The van der Waals surface area contributed by atoms with Crippen molar-refractivity contribution in [3.8, 4) is 11.5 Å². The van der Waals surface area contributed by atoms with Crippen molar-refractivity contribution < 1.29 is 8.91 Å². The Morgan fingerprint density at radius 3 is 2.95 bits per heavy atom. The zero-order valence-corrected chi connectivity index (χ0v) is 12.5. The molecule has 2 N–H and O–H groups in total. The lowest BCUT2D eigenvalue weighted by Gasteiger charge is -2.24. The van der Waals surface area contributed by atoms with Crippen LogP contribution in [0.1, 0.15) is 18.0 Å². The fourth-order valence-corrected chi connectivity index (χ4v) is 4.78. The lowest BCUT2D eigenvalue weighted by molar-refractivity contribution is 0.421. The number of benzene rings is 1. The highest BCUT2D eigenvalue weighted by atomic mass is 32.2. The minimum Gasteiger partial charge on any atom is -0.396 e. The Labute approximate surface area is 124 Å². The van der Waals surface area contributed by atoms with Gasteiger partial charge < -0.3 is 10.3 Å². The molecule has 3 rings (SSSR count). The van der Waals surface area contributed by atoms with Crippen LogP contribution in [0.4, 0.5) is 10.1 Å². The van der Waals surface area contributed by atoms with Gasteiger partial charge in [0.25, 0.3) is 5.89 Å². The second-order valence-electron chi connectivity index (χ2n) is 4.53. The Hall–Kier alpha value is -1.21. The molecule has 0 amide bonds. The molecule has 7 heteroatoms. The van der Waals surface area contributed by atoms with Crippen LogP contribution in [0.5, 0.6) is 0 Å². The predicted molar refractivity (Wildman–Crippen MR) is 81.2 cm³/mol. The summed E-state index contributed by atoms with van der Waals surface area (Å²) in [5.41, 5.74) is 6.21. The first-order valence-electron chi connectivity index (χ1n) is 6.28. The first-order chi connectivity index (χ1) is 9.66. The summed E-state index contributed by atoms with van der Waals surface area (Å²) in [5, 5.41) is 4.68. The van der Waals surface area contributed by atoms with E-state index in [0.29, 0.717) is 16.6 Å². The maximum Gasteiger partial charge on any atom is 0.260 e. The lowest BCUT2D eigenvalue weighted by Crippen LogP contribution is -2.16. The molecule has 2 aromatic rings. The molecule has 2 heterocycles. The average molecular weight is 311 g/mol. The van der Waals surface area contributed by atoms with E-state index < -0.39 is 5.82 Å². The molecule has 0 bridgehead atoms. The topological polar surface area (TPSA) is 64.9 Å². The lowest BCUT2D eigenvalue weighted by atomic mass is 10.2. The van der Waals surface area contributed by atoms with Gasteiger partial charge in [-0.05, 0) is 12.1 Å². The Balaban J connectivity index is 1.92. The molecule has 0 saturated carbocycles. The summed E-state index contributed by atoms with van der Waals surface area (Å²) >= 11 is 3.73. The Morgan fingerprint density at radius 1 is 1.35 bits per heavy atom. The summed E-state index contributed by atoms with van der Waals surface area (Å²) in [5.74, 6) is 2.68. The standard InChI is InChI=1S/C13H14FN3OS2/c1-7-11(20-6-5-19-7)12-16-13(18-17-12)8-3-2-4-9(14)10(8)15/h2-4,7,11H,5-6,15H2,1H3. The third-order valence-corrected chi connectivity index (χ3v) is 6.25. The number of anilines is 1. The van der Waals surface area contributed by atoms with E-state index in [0.717, 1.165) is 11.5 Å². The van der Waals surface area contributed by atoms with Crippen LogP contribution in [0, 0.1) is 5.82 Å². The Morgan fingerprint density at radius 2 is 2.15 bits per heavy atom. The first kappa shape index (κ1) is 13.8. The third kappa shape index (κ3) is 2.52. The van der Waals surface area contributed by atoms with E-state index in [4.69, 9.17) is 10.3 Å². The molecule has 1 saturated heterocycles. The van der Waals surface area contributed by atoms with Crippen LogP contribution in [-0.2, 0) is 0 Å². The summed E-state index contributed by atoms with van der Waals surface area (Å²) in [6.45, 7) is 2.16. The van der Waals surface area contributed by atoms with Crippen molar-refractivity contribution in [2.24, 2.45) is 0 Å². The van der Waals surface area contributed by atoms with Gasteiger partial charge in [0.1, 0.15) is 5.82 Å². The number of rotatable bonds is 2. The van der Waals surface area contributed by atoms with Gasteiger partial charge in [-0.15, -0.1) is 11.8 Å². The molecule has 1 aromatic carbocycles. The van der Waals surface area contributed by atoms with Gasteiger partial charge in [-0.1, -0.05) is 18.1 Å². The van der Waals surface area contributed by atoms with Crippen molar-refractivity contribution in [1.82, 2.24) is 10.1 Å². The van der Waals surface area contributed by atoms with Crippen molar-refractivity contribution in [2.45, 2.75) is 17.4 Å². The van der Waals surface area contributed by atoms with E-state index >= 15 is 0 Å². The van der Waals surface area contributed by atoms with E-state index in [2.05, 4.69) is 17.1 Å². The zero-order valence-electron chi connectivity index (χ0n) is 10.9. The number of hydrogen-bond acceptors (Lipinski definition) is 6. The summed E-state index contributed by atoms with van der Waals surface area (Å²) in [6.07, 6.45) is 0. The molecule has 20 heavy (non-hydrogen) atoms. The van der Waals surface area contributed by atoms with E-state index in [1.165, 1.54) is 6.07 Å². The van der Waals surface area contributed by atoms with Gasteiger partial charge in [0.15, 0.2) is 5.82 Å². The third-order valence-electron chi connectivity index (χ3n) is 3.17. The zero-order chi connectivity index (χ0) is 14.1. The molecule has 1 fully saturated rings. The molecule has 0 radical (unpaired) electrons. The number of nitrogens with zero attached hydrogens (tertiary/aromatic N) is 2. The van der Waals surface area contributed by atoms with Gasteiger partial charge in [-0.25, -0.2) is 4.39 Å². The van der Waals surface area contributed by atoms with Gasteiger partial charge in [0.05, 0.1) is 16.5 Å². The summed E-state index contributed by atoms with van der Waals surface area (Å²) in [6, 6.07) is 4.58. The summed E-state index contributed by atoms with van der Waals surface area (Å²) < 4.78 is 18.7. The highest BCUT2D eigenvalue weighted by Gasteiger charge is 2.29. The highest BCUT2D eigenvalue weighted by molar-refractivity contribution is 8.06. The molecule has 0 spiro atoms. The van der Waals surface area contributed by atoms with Crippen molar-refractivity contribution >= 4 is 29.2 Å². The van der Waals surface area contributed by atoms with Gasteiger partial charge >= 0.3 is 0 Å². The van der Waals surface area contributed by atoms with Crippen LogP contribution < -0.4 is 5.73 Å². The first-order valence-corrected chi connectivity index (χ1v) is 8.37. The minimum absolute atomic E-state index is 0.0430. The molecular weight excluding hydrogens is 297 g/mol. The number of para-hydroxylation sites is 1. The van der Waals surface area contributed by atoms with Gasteiger partial charge in [-0.2, -0.15) is 16.7 Å². The predicted octanol–water partition coefficient (Wildman–Crippen LogP) is 3.37. The largest absolute Gasteiger partial charge is 0.396 e. The minimum atomic E-state index is -0.474. The van der Waals surface area contributed by atoms with Crippen LogP contribution >= 0.6 is 23.5 Å². The van der Waals surface area contributed by atoms with Crippen molar-refractivity contribution in [2.75, 3.05) is 17.2 Å². The van der Waals surface area contributed by atoms with E-state index in [1.54, 1.807) is 12.1 Å². The molecule has 1 aliphatic heterocycles. The number of aromatic nitrogens is 2. The molecule has 0 aliphatic carbocycles. The SMILES string of the molecule is CC1SCCSC1c1noc(-c2cccc(F)c2N)n1. The normalized spacial score (nSPS) is 22.9. The van der Waals surface area contributed by atoms with Crippen molar-refractivity contribution in [3.05, 3.63) is 29.8 Å². The highest BCUT2D eigenvalue weighted by Crippen LogP contribution is 2.41. The van der Waals surface area contributed by atoms with Crippen LogP contribution in [0.15, 0.2) is 22.7 Å². The maximum absolute atomic E-state index is 13.5. The quantitative estimate of drug-likeness (QED) is 0.858. The second-order valence-corrected chi connectivity index (χ2v) is 7.26. The number of halogens is 1. The van der Waals surface area contributed by atoms with E-state index in [1.807, 2.05) is 23.5 Å². The van der Waals surface area contributed by atoms with Crippen LogP contribution in [0.2, 0.25) is 0 Å². The molecule has 2 atom stereocenters. The average Bonchev–Trinajstić information content (AvgIpc) is 2.92. The van der Waals surface area contributed by atoms with Crippen molar-refractivity contribution in [3.63, 3.8) is 0 Å². The molecule has 2 unspecified atom stereocenters. The van der Waals surface area contributed by atoms with Crippen LogP contribution in [0.3, 0.4) is 0 Å². The molecule has 1 aliphatic rings. The number of nitrogens with two attached hydrogens (primary N) is 1. The summed E-state index contributed by atoms with van der Waals surface area (Å²) in [4.78, 5) is 4.40. The Kier molecular flexibility index (Phi) is 3.89.